The van der Waals surface area contributed by atoms with E-state index in [-0.39, 0.29) is 0 Å². The minimum Gasteiger partial charge on any atom is -0.248 e. The van der Waals surface area contributed by atoms with Crippen LogP contribution in [-0.2, 0) is 0 Å². The van der Waals surface area contributed by atoms with Crippen molar-refractivity contribution in [2.45, 2.75) is 59.0 Å². The molecule has 0 aliphatic carbocycles. The lowest BCUT2D eigenvalue weighted by molar-refractivity contribution is 0.290. The Hall–Kier alpha value is -0.0700. The minimum absolute atomic E-state index is 0.556. The van der Waals surface area contributed by atoms with Gasteiger partial charge >= 0.3 is 0 Å². The van der Waals surface area contributed by atoms with Crippen molar-refractivity contribution in [3.8, 4) is 0 Å². The van der Waals surface area contributed by atoms with Crippen molar-refractivity contribution in [2.75, 3.05) is 0 Å². The van der Waals surface area contributed by atoms with Gasteiger partial charge in [0.2, 0.25) is 0 Å². The predicted octanol–water partition coefficient (Wildman–Crippen LogP) is 3.95. The van der Waals surface area contributed by atoms with Crippen LogP contribution >= 0.6 is 0 Å². The van der Waals surface area contributed by atoms with E-state index in [4.69, 9.17) is 0 Å². The van der Waals surface area contributed by atoms with Crippen LogP contribution < -0.4 is 0 Å². The molecule has 0 saturated carbocycles. The Kier molecular flexibility index (Phi) is 6.59. The molecule has 2 unspecified atom stereocenters. The van der Waals surface area contributed by atoms with Gasteiger partial charge in [0.05, 0.1) is 6.17 Å². The second-order valence-electron chi connectivity index (χ2n) is 3.45. The first-order valence-electron chi connectivity index (χ1n) is 4.84. The standard InChI is InChI=1S/C10H21F/c1-4-9(3)7-6-8-10(11)5-2/h9-10H,4-8H2,1-3H3. The van der Waals surface area contributed by atoms with Gasteiger partial charge in [0.15, 0.2) is 0 Å². The van der Waals surface area contributed by atoms with Crippen LogP contribution in [0.1, 0.15) is 52.9 Å². The van der Waals surface area contributed by atoms with Crippen molar-refractivity contribution in [1.82, 2.24) is 0 Å². The van der Waals surface area contributed by atoms with E-state index in [0.717, 1.165) is 18.8 Å². The number of hydrogen-bond donors (Lipinski definition) is 0. The number of hydrogen-bond acceptors (Lipinski definition) is 0. The first-order valence-corrected chi connectivity index (χ1v) is 4.84. The molecule has 0 bridgehead atoms. The molecule has 2 atom stereocenters. The van der Waals surface area contributed by atoms with E-state index in [0.29, 0.717) is 6.42 Å². The molecule has 0 rings (SSSR count). The lowest BCUT2D eigenvalue weighted by Crippen LogP contribution is -1.99. The van der Waals surface area contributed by atoms with Crippen molar-refractivity contribution in [3.63, 3.8) is 0 Å². The first kappa shape index (κ1) is 10.9. The molecule has 0 spiro atoms. The van der Waals surface area contributed by atoms with Crippen molar-refractivity contribution in [2.24, 2.45) is 5.92 Å². The van der Waals surface area contributed by atoms with E-state index in [9.17, 15) is 4.39 Å². The summed E-state index contributed by atoms with van der Waals surface area (Å²) < 4.78 is 12.7. The molecule has 0 aliphatic heterocycles. The van der Waals surface area contributed by atoms with Gasteiger partial charge in [-0.25, -0.2) is 4.39 Å². The lowest BCUT2D eigenvalue weighted by Gasteiger charge is -2.08. The van der Waals surface area contributed by atoms with Gasteiger partial charge in [-0.1, -0.05) is 40.0 Å². The van der Waals surface area contributed by atoms with Crippen LogP contribution in [0.4, 0.5) is 4.39 Å². The van der Waals surface area contributed by atoms with Crippen LogP contribution in [0.15, 0.2) is 0 Å². The maximum Gasteiger partial charge on any atom is 0.0999 e. The van der Waals surface area contributed by atoms with Crippen LogP contribution in [-0.4, -0.2) is 6.17 Å². The Balaban J connectivity index is 3.13. The number of halogens is 1. The van der Waals surface area contributed by atoms with Crippen molar-refractivity contribution >= 4 is 0 Å². The fourth-order valence-electron chi connectivity index (χ4n) is 1.10. The third kappa shape index (κ3) is 6.33. The van der Waals surface area contributed by atoms with E-state index < -0.39 is 6.17 Å². The van der Waals surface area contributed by atoms with Crippen LogP contribution in [0.5, 0.6) is 0 Å². The van der Waals surface area contributed by atoms with Crippen molar-refractivity contribution in [1.29, 1.82) is 0 Å². The molecule has 0 aliphatic rings. The maximum absolute atomic E-state index is 12.7. The summed E-state index contributed by atoms with van der Waals surface area (Å²) in [6.07, 6.45) is 4.37. The molecule has 0 aromatic carbocycles. The molecule has 11 heavy (non-hydrogen) atoms. The molecule has 0 heterocycles. The van der Waals surface area contributed by atoms with Crippen LogP contribution in [0.2, 0.25) is 0 Å². The Bertz CT molecular complexity index is 70.9. The van der Waals surface area contributed by atoms with Gasteiger partial charge in [-0.3, -0.25) is 0 Å². The van der Waals surface area contributed by atoms with Gasteiger partial charge < -0.3 is 0 Å². The highest BCUT2D eigenvalue weighted by atomic mass is 19.1. The zero-order chi connectivity index (χ0) is 8.69. The van der Waals surface area contributed by atoms with Crippen molar-refractivity contribution < 1.29 is 4.39 Å². The molecule has 0 saturated heterocycles. The fraction of sp³-hybridized carbons (Fsp3) is 1.00. The van der Waals surface area contributed by atoms with E-state index in [2.05, 4.69) is 13.8 Å². The van der Waals surface area contributed by atoms with E-state index in [1.807, 2.05) is 6.92 Å². The summed E-state index contributed by atoms with van der Waals surface area (Å²) in [4.78, 5) is 0. The molecular formula is C10H21F. The van der Waals surface area contributed by atoms with Gasteiger partial charge in [-0.05, 0) is 18.8 Å². The highest BCUT2D eigenvalue weighted by Gasteiger charge is 2.04. The zero-order valence-electron chi connectivity index (χ0n) is 8.07. The van der Waals surface area contributed by atoms with Gasteiger partial charge in [-0.2, -0.15) is 0 Å². The average Bonchev–Trinajstić information content (AvgIpc) is 2.04. The van der Waals surface area contributed by atoms with Crippen LogP contribution in [0, 0.1) is 5.92 Å². The summed E-state index contributed by atoms with van der Waals surface area (Å²) in [6, 6.07) is 0. The smallest absolute Gasteiger partial charge is 0.0999 e. The molecule has 0 amide bonds. The third-order valence-electron chi connectivity index (χ3n) is 2.35. The van der Waals surface area contributed by atoms with Gasteiger partial charge in [0, 0.05) is 0 Å². The average molecular weight is 160 g/mol. The number of rotatable bonds is 6. The monoisotopic (exact) mass is 160 g/mol. The predicted molar refractivity (Wildman–Crippen MR) is 48.5 cm³/mol. The van der Waals surface area contributed by atoms with E-state index in [1.54, 1.807) is 0 Å². The maximum atomic E-state index is 12.7. The third-order valence-corrected chi connectivity index (χ3v) is 2.35. The quantitative estimate of drug-likeness (QED) is 0.552. The molecular weight excluding hydrogens is 139 g/mol. The highest BCUT2D eigenvalue weighted by molar-refractivity contribution is 4.56. The van der Waals surface area contributed by atoms with Gasteiger partial charge in [0.1, 0.15) is 0 Å². The SMILES string of the molecule is CCC(C)CCCC(F)CC. The molecule has 68 valence electrons. The summed E-state index contributed by atoms with van der Waals surface area (Å²) in [7, 11) is 0. The van der Waals surface area contributed by atoms with Crippen LogP contribution in [0.25, 0.3) is 0 Å². The second kappa shape index (κ2) is 6.63. The summed E-state index contributed by atoms with van der Waals surface area (Å²) in [5.74, 6) is 0.777. The van der Waals surface area contributed by atoms with E-state index >= 15 is 0 Å². The Morgan fingerprint density at radius 3 is 2.18 bits per heavy atom. The topological polar surface area (TPSA) is 0 Å². The summed E-state index contributed by atoms with van der Waals surface area (Å²) in [5, 5.41) is 0. The minimum atomic E-state index is -0.556. The normalized spacial score (nSPS) is 16.4. The molecule has 0 aromatic heterocycles. The van der Waals surface area contributed by atoms with Gasteiger partial charge in [0.25, 0.3) is 0 Å². The molecule has 0 N–H and O–H groups in total. The number of alkyl halides is 1. The molecule has 1 heteroatoms. The largest absolute Gasteiger partial charge is 0.248 e. The molecule has 0 nitrogen and oxygen atoms in total. The van der Waals surface area contributed by atoms with Gasteiger partial charge in [-0.15, -0.1) is 0 Å². The molecule has 0 aromatic rings. The van der Waals surface area contributed by atoms with E-state index in [1.165, 1.54) is 12.8 Å². The Labute approximate surface area is 70.2 Å². The zero-order valence-corrected chi connectivity index (χ0v) is 8.07. The second-order valence-corrected chi connectivity index (χ2v) is 3.45. The Morgan fingerprint density at radius 1 is 1.09 bits per heavy atom. The van der Waals surface area contributed by atoms with Crippen molar-refractivity contribution in [3.05, 3.63) is 0 Å². The lowest BCUT2D eigenvalue weighted by atomic mass is 10.00. The van der Waals surface area contributed by atoms with Crippen LogP contribution in [0.3, 0.4) is 0 Å². The summed E-state index contributed by atoms with van der Waals surface area (Å²) in [6.45, 7) is 6.34. The summed E-state index contributed by atoms with van der Waals surface area (Å²) >= 11 is 0. The fourth-order valence-corrected chi connectivity index (χ4v) is 1.10. The first-order chi connectivity index (χ1) is 5.20. The highest BCUT2D eigenvalue weighted by Crippen LogP contribution is 2.14. The Morgan fingerprint density at radius 2 is 1.73 bits per heavy atom. The molecule has 0 radical (unpaired) electrons. The molecule has 0 fully saturated rings. The summed E-state index contributed by atoms with van der Waals surface area (Å²) in [5.41, 5.74) is 0.